The van der Waals surface area contributed by atoms with Crippen LogP contribution < -0.4 is 10.6 Å². The van der Waals surface area contributed by atoms with Crippen LogP contribution in [0.2, 0.25) is 0 Å². The van der Waals surface area contributed by atoms with Gasteiger partial charge in [-0.25, -0.2) is 9.37 Å². The topological polar surface area (TPSA) is 71.1 Å². The van der Waals surface area contributed by atoms with Crippen LogP contribution in [0.15, 0.2) is 54.6 Å². The first kappa shape index (κ1) is 21.6. The molecule has 0 saturated carbocycles. The zero-order valence-electron chi connectivity index (χ0n) is 17.1. The predicted octanol–water partition coefficient (Wildman–Crippen LogP) is 4.58. The number of anilines is 1. The van der Waals surface area contributed by atoms with Gasteiger partial charge in [0.1, 0.15) is 11.9 Å². The van der Waals surface area contributed by atoms with Gasteiger partial charge in [-0.15, -0.1) is 11.3 Å². The second-order valence-corrected chi connectivity index (χ2v) is 8.57. The quantitative estimate of drug-likeness (QED) is 0.582. The van der Waals surface area contributed by atoms with E-state index in [0.717, 1.165) is 16.0 Å². The number of aryl methyl sites for hydroxylation is 1. The fraction of sp³-hybridized carbons (Fsp3) is 0.261. The number of amides is 2. The van der Waals surface area contributed by atoms with Gasteiger partial charge in [-0.05, 0) is 42.7 Å². The van der Waals surface area contributed by atoms with Gasteiger partial charge in [0.15, 0.2) is 5.13 Å². The van der Waals surface area contributed by atoms with Crippen molar-refractivity contribution in [3.63, 3.8) is 0 Å². The molecular formula is C23H24FN3O2S. The monoisotopic (exact) mass is 425 g/mol. The first-order valence-electron chi connectivity index (χ1n) is 9.71. The molecule has 1 aromatic heterocycles. The lowest BCUT2D eigenvalue weighted by Gasteiger charge is -2.21. The number of carbonyl (C=O) groups excluding carboxylic acids is 2. The van der Waals surface area contributed by atoms with Gasteiger partial charge >= 0.3 is 0 Å². The Labute approximate surface area is 179 Å². The van der Waals surface area contributed by atoms with E-state index in [2.05, 4.69) is 15.6 Å². The molecule has 0 saturated heterocycles. The number of halogens is 1. The molecular weight excluding hydrogens is 401 g/mol. The molecule has 2 N–H and O–H groups in total. The number of nitrogens with zero attached hydrogens (tertiary/aromatic N) is 1. The van der Waals surface area contributed by atoms with Crippen molar-refractivity contribution in [2.24, 2.45) is 5.92 Å². The Morgan fingerprint density at radius 1 is 1.07 bits per heavy atom. The second kappa shape index (κ2) is 9.63. The third-order valence-electron chi connectivity index (χ3n) is 4.62. The van der Waals surface area contributed by atoms with Crippen molar-refractivity contribution in [1.82, 2.24) is 10.3 Å². The van der Waals surface area contributed by atoms with Gasteiger partial charge in [0.2, 0.25) is 11.8 Å². The van der Waals surface area contributed by atoms with Crippen LogP contribution in [-0.2, 0) is 16.0 Å². The Morgan fingerprint density at radius 2 is 1.73 bits per heavy atom. The van der Waals surface area contributed by atoms with Gasteiger partial charge in [0, 0.05) is 10.4 Å². The Balaban J connectivity index is 1.68. The van der Waals surface area contributed by atoms with Crippen molar-refractivity contribution < 1.29 is 14.0 Å². The van der Waals surface area contributed by atoms with Gasteiger partial charge in [-0.3, -0.25) is 9.59 Å². The highest BCUT2D eigenvalue weighted by molar-refractivity contribution is 7.16. The van der Waals surface area contributed by atoms with E-state index in [9.17, 15) is 14.0 Å². The first-order chi connectivity index (χ1) is 14.3. The molecule has 0 aliphatic rings. The van der Waals surface area contributed by atoms with Gasteiger partial charge in [0.05, 0.1) is 12.1 Å². The molecule has 0 bridgehead atoms. The van der Waals surface area contributed by atoms with E-state index in [-0.39, 0.29) is 30.0 Å². The minimum Gasteiger partial charge on any atom is -0.344 e. The lowest BCUT2D eigenvalue weighted by atomic mass is 10.0. The van der Waals surface area contributed by atoms with Crippen LogP contribution in [0.25, 0.3) is 11.3 Å². The second-order valence-electron chi connectivity index (χ2n) is 7.37. The van der Waals surface area contributed by atoms with Crippen LogP contribution >= 0.6 is 11.3 Å². The SMILES string of the molecule is Cc1sc(NC(=O)C(NC(=O)Cc2ccccc2)C(C)C)nc1-c1ccc(F)cc1. The Hall–Kier alpha value is -3.06. The highest BCUT2D eigenvalue weighted by Crippen LogP contribution is 2.30. The average molecular weight is 426 g/mol. The van der Waals surface area contributed by atoms with Crippen molar-refractivity contribution in [2.75, 3.05) is 5.32 Å². The van der Waals surface area contributed by atoms with Gasteiger partial charge in [-0.1, -0.05) is 44.2 Å². The Morgan fingerprint density at radius 3 is 2.37 bits per heavy atom. The van der Waals surface area contributed by atoms with Crippen molar-refractivity contribution in [2.45, 2.75) is 33.2 Å². The van der Waals surface area contributed by atoms with Gasteiger partial charge < -0.3 is 10.6 Å². The predicted molar refractivity (Wildman–Crippen MR) is 118 cm³/mol. The zero-order valence-corrected chi connectivity index (χ0v) is 17.9. The van der Waals surface area contributed by atoms with Crippen LogP contribution in [0.3, 0.4) is 0 Å². The van der Waals surface area contributed by atoms with E-state index in [4.69, 9.17) is 0 Å². The summed E-state index contributed by atoms with van der Waals surface area (Å²) in [6.07, 6.45) is 0.211. The molecule has 1 atom stereocenters. The summed E-state index contributed by atoms with van der Waals surface area (Å²) in [7, 11) is 0. The number of carbonyl (C=O) groups is 2. The molecule has 5 nitrogen and oxygen atoms in total. The Bertz CT molecular complexity index is 1020. The normalized spacial score (nSPS) is 11.9. The largest absolute Gasteiger partial charge is 0.344 e. The van der Waals surface area contributed by atoms with Gasteiger partial charge in [0.25, 0.3) is 0 Å². The van der Waals surface area contributed by atoms with E-state index < -0.39 is 6.04 Å². The number of aromatic nitrogens is 1. The standard InChI is InChI=1S/C23H24FN3O2S/c1-14(2)20(25-19(28)13-16-7-5-4-6-8-16)22(29)27-23-26-21(15(3)30-23)17-9-11-18(24)12-10-17/h4-12,14,20H,13H2,1-3H3,(H,25,28)(H,26,27,29). The lowest BCUT2D eigenvalue weighted by Crippen LogP contribution is -2.47. The fourth-order valence-electron chi connectivity index (χ4n) is 3.05. The molecule has 1 heterocycles. The molecule has 1 unspecified atom stereocenters. The maximum absolute atomic E-state index is 13.2. The number of rotatable bonds is 7. The summed E-state index contributed by atoms with van der Waals surface area (Å²) in [5.74, 6) is -0.934. The van der Waals surface area contributed by atoms with Crippen LogP contribution in [0.4, 0.5) is 9.52 Å². The lowest BCUT2D eigenvalue weighted by molar-refractivity contribution is -0.127. The summed E-state index contributed by atoms with van der Waals surface area (Å²) in [5.41, 5.74) is 2.36. The molecule has 3 aromatic rings. The van der Waals surface area contributed by atoms with Crippen molar-refractivity contribution in [3.8, 4) is 11.3 Å². The number of hydrogen-bond donors (Lipinski definition) is 2. The van der Waals surface area contributed by atoms with Crippen molar-refractivity contribution in [3.05, 3.63) is 70.9 Å². The maximum atomic E-state index is 13.2. The molecule has 30 heavy (non-hydrogen) atoms. The summed E-state index contributed by atoms with van der Waals surface area (Å²) < 4.78 is 13.2. The highest BCUT2D eigenvalue weighted by Gasteiger charge is 2.25. The number of benzene rings is 2. The number of nitrogens with one attached hydrogen (secondary N) is 2. The molecule has 156 valence electrons. The smallest absolute Gasteiger partial charge is 0.248 e. The molecule has 7 heteroatoms. The fourth-order valence-corrected chi connectivity index (χ4v) is 3.89. The van der Waals surface area contributed by atoms with Crippen molar-refractivity contribution >= 4 is 28.3 Å². The molecule has 2 amide bonds. The van der Waals surface area contributed by atoms with E-state index in [1.165, 1.54) is 23.5 Å². The van der Waals surface area contributed by atoms with E-state index >= 15 is 0 Å². The van der Waals surface area contributed by atoms with E-state index in [0.29, 0.717) is 10.8 Å². The van der Waals surface area contributed by atoms with E-state index in [1.807, 2.05) is 51.1 Å². The molecule has 0 aliphatic heterocycles. The summed E-state index contributed by atoms with van der Waals surface area (Å²) in [4.78, 5) is 30.7. The van der Waals surface area contributed by atoms with Crippen LogP contribution in [-0.4, -0.2) is 22.8 Å². The minimum atomic E-state index is -0.681. The first-order valence-corrected chi connectivity index (χ1v) is 10.5. The molecule has 0 spiro atoms. The number of hydrogen-bond acceptors (Lipinski definition) is 4. The summed E-state index contributed by atoms with van der Waals surface area (Å²) >= 11 is 1.34. The van der Waals surface area contributed by atoms with E-state index in [1.54, 1.807) is 12.1 Å². The van der Waals surface area contributed by atoms with Crippen LogP contribution in [0, 0.1) is 18.7 Å². The summed E-state index contributed by atoms with van der Waals surface area (Å²) in [5, 5.41) is 6.09. The molecule has 2 aromatic carbocycles. The third-order valence-corrected chi connectivity index (χ3v) is 5.50. The van der Waals surface area contributed by atoms with Gasteiger partial charge in [-0.2, -0.15) is 0 Å². The maximum Gasteiger partial charge on any atom is 0.248 e. The number of thiazole rings is 1. The molecule has 0 radical (unpaired) electrons. The zero-order chi connectivity index (χ0) is 21.7. The molecule has 3 rings (SSSR count). The minimum absolute atomic E-state index is 0.0950. The summed E-state index contributed by atoms with van der Waals surface area (Å²) in [6, 6.07) is 14.8. The Kier molecular flexibility index (Phi) is 6.95. The van der Waals surface area contributed by atoms with Crippen molar-refractivity contribution in [1.29, 1.82) is 0 Å². The molecule has 0 aliphatic carbocycles. The third kappa shape index (κ3) is 5.51. The highest BCUT2D eigenvalue weighted by atomic mass is 32.1. The van der Waals surface area contributed by atoms with Crippen LogP contribution in [0.1, 0.15) is 24.3 Å². The average Bonchev–Trinajstić information content (AvgIpc) is 3.07. The van der Waals surface area contributed by atoms with Crippen LogP contribution in [0.5, 0.6) is 0 Å². The summed E-state index contributed by atoms with van der Waals surface area (Å²) in [6.45, 7) is 5.65. The molecule has 0 fully saturated rings.